The lowest BCUT2D eigenvalue weighted by Gasteiger charge is -2.08. The number of fused-ring (bicyclic) bond motifs is 1. The van der Waals surface area contributed by atoms with Crippen molar-refractivity contribution in [1.82, 2.24) is 14.5 Å². The molecule has 3 heterocycles. The summed E-state index contributed by atoms with van der Waals surface area (Å²) in [4.78, 5) is 8.85. The molecule has 4 nitrogen and oxygen atoms in total. The largest absolute Gasteiger partial charge is 0.472 e. The Labute approximate surface area is 120 Å². The zero-order valence-corrected chi connectivity index (χ0v) is 11.7. The number of nitrogens with zero attached hydrogens (tertiary/aromatic N) is 3. The third-order valence-corrected chi connectivity index (χ3v) is 3.26. The molecule has 0 saturated heterocycles. The van der Waals surface area contributed by atoms with E-state index in [0.29, 0.717) is 11.6 Å². The molecule has 3 aromatic heterocycles. The first-order valence-electron chi connectivity index (χ1n) is 5.82. The van der Waals surface area contributed by atoms with Gasteiger partial charge < -0.3 is 8.98 Å². The van der Waals surface area contributed by atoms with Crippen LogP contribution in [0, 0.1) is 0 Å². The smallest absolute Gasteiger partial charge is 0.160 e. The van der Waals surface area contributed by atoms with Crippen LogP contribution in [0.5, 0.6) is 0 Å². The summed E-state index contributed by atoms with van der Waals surface area (Å²) in [5.74, 6) is 0.771. The van der Waals surface area contributed by atoms with Gasteiger partial charge in [-0.25, -0.2) is 9.97 Å². The molecule has 0 saturated carbocycles. The standard InChI is InChI=1S/C13H11Cl2N3O/c1-8(14)12-17-11-4-10(15)5-16-13(11)18(12)6-9-2-3-19-7-9/h2-5,7-8H,6H2,1H3. The van der Waals surface area contributed by atoms with E-state index in [1.807, 2.05) is 17.6 Å². The maximum atomic E-state index is 6.19. The molecule has 1 atom stereocenters. The third kappa shape index (κ3) is 2.33. The first-order chi connectivity index (χ1) is 9.15. The van der Waals surface area contributed by atoms with E-state index in [1.54, 1.807) is 24.8 Å². The molecule has 0 spiro atoms. The molecular formula is C13H11Cl2N3O. The lowest BCUT2D eigenvalue weighted by molar-refractivity contribution is 0.561. The Kier molecular flexibility index (Phi) is 3.21. The fraction of sp³-hybridized carbons (Fsp3) is 0.231. The van der Waals surface area contributed by atoms with Gasteiger partial charge in [-0.2, -0.15) is 0 Å². The fourth-order valence-corrected chi connectivity index (χ4v) is 2.35. The molecule has 0 aliphatic heterocycles. The summed E-state index contributed by atoms with van der Waals surface area (Å²) in [6.07, 6.45) is 4.95. The van der Waals surface area contributed by atoms with Gasteiger partial charge in [0.2, 0.25) is 0 Å². The summed E-state index contributed by atoms with van der Waals surface area (Å²) in [6.45, 7) is 2.50. The Hall–Kier alpha value is -1.52. The summed E-state index contributed by atoms with van der Waals surface area (Å²) >= 11 is 12.1. The SMILES string of the molecule is CC(Cl)c1nc2cc(Cl)cnc2n1Cc1ccoc1. The zero-order chi connectivity index (χ0) is 13.4. The number of hydrogen-bond acceptors (Lipinski definition) is 3. The fourth-order valence-electron chi connectivity index (χ4n) is 2.03. The van der Waals surface area contributed by atoms with Crippen LogP contribution in [-0.4, -0.2) is 14.5 Å². The zero-order valence-electron chi connectivity index (χ0n) is 10.2. The van der Waals surface area contributed by atoms with Crippen molar-refractivity contribution in [1.29, 1.82) is 0 Å². The van der Waals surface area contributed by atoms with Gasteiger partial charge in [0.05, 0.1) is 29.5 Å². The number of furan rings is 1. The van der Waals surface area contributed by atoms with Crippen LogP contribution in [0.15, 0.2) is 35.3 Å². The highest BCUT2D eigenvalue weighted by Gasteiger charge is 2.16. The van der Waals surface area contributed by atoms with E-state index in [1.165, 1.54) is 0 Å². The molecular weight excluding hydrogens is 285 g/mol. The molecule has 0 bridgehead atoms. The van der Waals surface area contributed by atoms with E-state index in [-0.39, 0.29) is 5.38 Å². The Morgan fingerprint density at radius 3 is 3.00 bits per heavy atom. The molecule has 0 aliphatic rings. The van der Waals surface area contributed by atoms with E-state index < -0.39 is 0 Å². The normalized spacial score (nSPS) is 13.0. The average molecular weight is 296 g/mol. The Bertz CT molecular complexity index is 704. The minimum absolute atomic E-state index is 0.208. The lowest BCUT2D eigenvalue weighted by atomic mass is 10.3. The summed E-state index contributed by atoms with van der Waals surface area (Å²) in [7, 11) is 0. The first-order valence-corrected chi connectivity index (χ1v) is 6.63. The predicted molar refractivity (Wildman–Crippen MR) is 74.6 cm³/mol. The Morgan fingerprint density at radius 1 is 1.47 bits per heavy atom. The maximum Gasteiger partial charge on any atom is 0.160 e. The van der Waals surface area contributed by atoms with Crippen molar-refractivity contribution in [3.63, 3.8) is 0 Å². The van der Waals surface area contributed by atoms with Gasteiger partial charge in [0, 0.05) is 11.8 Å². The maximum absolute atomic E-state index is 6.19. The molecule has 98 valence electrons. The number of pyridine rings is 1. The molecule has 0 amide bonds. The van der Waals surface area contributed by atoms with Crippen LogP contribution in [0.4, 0.5) is 0 Å². The van der Waals surface area contributed by atoms with Crippen LogP contribution in [-0.2, 0) is 6.54 Å². The van der Waals surface area contributed by atoms with Crippen LogP contribution >= 0.6 is 23.2 Å². The highest BCUT2D eigenvalue weighted by atomic mass is 35.5. The predicted octanol–water partition coefficient (Wildman–Crippen LogP) is 4.03. The molecule has 0 aliphatic carbocycles. The number of imidazole rings is 1. The molecule has 3 aromatic rings. The van der Waals surface area contributed by atoms with Gasteiger partial charge >= 0.3 is 0 Å². The number of rotatable bonds is 3. The topological polar surface area (TPSA) is 43.9 Å². The molecule has 1 unspecified atom stereocenters. The van der Waals surface area contributed by atoms with Crippen LogP contribution < -0.4 is 0 Å². The van der Waals surface area contributed by atoms with Crippen molar-refractivity contribution in [3.05, 3.63) is 47.3 Å². The summed E-state index contributed by atoms with van der Waals surface area (Å²) < 4.78 is 7.07. The molecule has 6 heteroatoms. The van der Waals surface area contributed by atoms with Crippen molar-refractivity contribution in [2.24, 2.45) is 0 Å². The monoisotopic (exact) mass is 295 g/mol. The van der Waals surface area contributed by atoms with Crippen molar-refractivity contribution in [2.75, 3.05) is 0 Å². The quantitative estimate of drug-likeness (QED) is 0.685. The molecule has 19 heavy (non-hydrogen) atoms. The van der Waals surface area contributed by atoms with E-state index >= 15 is 0 Å². The minimum atomic E-state index is -0.208. The number of aromatic nitrogens is 3. The minimum Gasteiger partial charge on any atom is -0.472 e. The second-order valence-electron chi connectivity index (χ2n) is 4.30. The van der Waals surface area contributed by atoms with Gasteiger partial charge in [-0.1, -0.05) is 11.6 Å². The van der Waals surface area contributed by atoms with Gasteiger partial charge in [-0.3, -0.25) is 0 Å². The van der Waals surface area contributed by atoms with Gasteiger partial charge in [-0.05, 0) is 19.1 Å². The molecule has 0 aromatic carbocycles. The van der Waals surface area contributed by atoms with Crippen LogP contribution in [0.3, 0.4) is 0 Å². The van der Waals surface area contributed by atoms with E-state index in [2.05, 4.69) is 9.97 Å². The molecule has 0 N–H and O–H groups in total. The third-order valence-electron chi connectivity index (χ3n) is 2.86. The summed E-state index contributed by atoms with van der Waals surface area (Å²) in [6, 6.07) is 3.70. The Balaban J connectivity index is 2.16. The van der Waals surface area contributed by atoms with E-state index in [0.717, 1.165) is 22.6 Å². The van der Waals surface area contributed by atoms with Gasteiger partial charge in [0.1, 0.15) is 11.3 Å². The van der Waals surface area contributed by atoms with Crippen LogP contribution in [0.1, 0.15) is 23.7 Å². The number of halogens is 2. The second-order valence-corrected chi connectivity index (χ2v) is 5.39. The van der Waals surface area contributed by atoms with Crippen LogP contribution in [0.2, 0.25) is 5.02 Å². The molecule has 0 radical (unpaired) electrons. The Morgan fingerprint density at radius 2 is 2.32 bits per heavy atom. The van der Waals surface area contributed by atoms with Gasteiger partial charge in [0.25, 0.3) is 0 Å². The van der Waals surface area contributed by atoms with Crippen molar-refractivity contribution in [2.45, 2.75) is 18.8 Å². The first kappa shape index (κ1) is 12.5. The summed E-state index contributed by atoms with van der Waals surface area (Å²) in [5.41, 5.74) is 2.56. The molecule has 3 rings (SSSR count). The van der Waals surface area contributed by atoms with Crippen molar-refractivity contribution < 1.29 is 4.42 Å². The number of hydrogen-bond donors (Lipinski definition) is 0. The van der Waals surface area contributed by atoms with Crippen molar-refractivity contribution in [3.8, 4) is 0 Å². The average Bonchev–Trinajstić information content (AvgIpc) is 2.97. The van der Waals surface area contributed by atoms with Crippen LogP contribution in [0.25, 0.3) is 11.2 Å². The highest BCUT2D eigenvalue weighted by molar-refractivity contribution is 6.31. The van der Waals surface area contributed by atoms with E-state index in [9.17, 15) is 0 Å². The highest BCUT2D eigenvalue weighted by Crippen LogP contribution is 2.25. The van der Waals surface area contributed by atoms with Gasteiger partial charge in [-0.15, -0.1) is 11.6 Å². The van der Waals surface area contributed by atoms with Crippen molar-refractivity contribution >= 4 is 34.4 Å². The number of alkyl halides is 1. The summed E-state index contributed by atoms with van der Waals surface area (Å²) in [5, 5.41) is 0.356. The van der Waals surface area contributed by atoms with E-state index in [4.69, 9.17) is 27.6 Å². The molecule has 0 fully saturated rings. The lowest BCUT2D eigenvalue weighted by Crippen LogP contribution is -2.05. The van der Waals surface area contributed by atoms with Gasteiger partial charge in [0.15, 0.2) is 5.65 Å². The second kappa shape index (κ2) is 4.87.